The minimum absolute atomic E-state index is 0.0269. The second-order valence-corrected chi connectivity index (χ2v) is 5.24. The van der Waals surface area contributed by atoms with Crippen molar-refractivity contribution in [3.05, 3.63) is 46.2 Å². The number of nitrogen functional groups attached to an aromatic ring is 1. The van der Waals surface area contributed by atoms with Crippen LogP contribution in [-0.2, 0) is 0 Å². The minimum Gasteiger partial charge on any atom is -0.384 e. The van der Waals surface area contributed by atoms with Crippen LogP contribution in [0.25, 0.3) is 5.69 Å². The van der Waals surface area contributed by atoms with Crippen LogP contribution >= 0.6 is 15.9 Å². The van der Waals surface area contributed by atoms with Gasteiger partial charge in [0.05, 0.1) is 16.9 Å². The third-order valence-electron chi connectivity index (χ3n) is 2.71. The Bertz CT molecular complexity index is 586. The van der Waals surface area contributed by atoms with Crippen molar-refractivity contribution in [3.8, 4) is 5.69 Å². The average molecular weight is 307 g/mol. The molecule has 3 N–H and O–H groups in total. The van der Waals surface area contributed by atoms with Gasteiger partial charge in [0.25, 0.3) is 0 Å². The quantitative estimate of drug-likeness (QED) is 0.676. The molecule has 1 aromatic carbocycles. The summed E-state index contributed by atoms with van der Waals surface area (Å²) in [5, 5.41) is 12.2. The fourth-order valence-electron chi connectivity index (χ4n) is 1.75. The molecule has 2 aromatic rings. The number of nitrogens with zero attached hydrogens (tertiary/aromatic N) is 2. The lowest BCUT2D eigenvalue weighted by Crippen LogP contribution is -2.16. The fraction of sp³-hybridized carbons (Fsp3) is 0.231. The molecular weight excluding hydrogens is 292 g/mol. The van der Waals surface area contributed by atoms with Crippen LogP contribution in [0.2, 0.25) is 0 Å². The molecule has 0 bridgehead atoms. The number of hydrogen-bond acceptors (Lipinski definition) is 2. The zero-order valence-corrected chi connectivity index (χ0v) is 11.9. The maximum atomic E-state index is 7.66. The van der Waals surface area contributed by atoms with E-state index in [9.17, 15) is 0 Å². The van der Waals surface area contributed by atoms with Crippen molar-refractivity contribution in [1.82, 2.24) is 9.78 Å². The monoisotopic (exact) mass is 306 g/mol. The highest BCUT2D eigenvalue weighted by Crippen LogP contribution is 2.23. The SMILES string of the molecule is CC(C)c1ccn(-c2cccc(Br)c2C(=N)N)n1. The lowest BCUT2D eigenvalue weighted by atomic mass is 10.1. The average Bonchev–Trinajstić information content (AvgIpc) is 2.77. The Morgan fingerprint density at radius 1 is 1.39 bits per heavy atom. The van der Waals surface area contributed by atoms with Gasteiger partial charge >= 0.3 is 0 Å². The maximum Gasteiger partial charge on any atom is 0.126 e. The molecular formula is C13H15BrN4. The Labute approximate surface area is 114 Å². The van der Waals surface area contributed by atoms with Crippen molar-refractivity contribution in [1.29, 1.82) is 5.41 Å². The van der Waals surface area contributed by atoms with Crippen LogP contribution in [0.4, 0.5) is 0 Å². The summed E-state index contributed by atoms with van der Waals surface area (Å²) in [7, 11) is 0. The summed E-state index contributed by atoms with van der Waals surface area (Å²) in [4.78, 5) is 0. The summed E-state index contributed by atoms with van der Waals surface area (Å²) in [5.41, 5.74) is 8.12. The van der Waals surface area contributed by atoms with Crippen molar-refractivity contribution in [3.63, 3.8) is 0 Å². The largest absolute Gasteiger partial charge is 0.384 e. The lowest BCUT2D eigenvalue weighted by molar-refractivity contribution is 0.767. The predicted molar refractivity (Wildman–Crippen MR) is 76.4 cm³/mol. The minimum atomic E-state index is 0.0269. The van der Waals surface area contributed by atoms with E-state index in [4.69, 9.17) is 11.1 Å². The van der Waals surface area contributed by atoms with Gasteiger partial charge in [-0.2, -0.15) is 5.10 Å². The topological polar surface area (TPSA) is 67.7 Å². The zero-order chi connectivity index (χ0) is 13.3. The van der Waals surface area contributed by atoms with Gasteiger partial charge in [0, 0.05) is 10.7 Å². The van der Waals surface area contributed by atoms with E-state index in [0.29, 0.717) is 11.5 Å². The smallest absolute Gasteiger partial charge is 0.126 e. The van der Waals surface area contributed by atoms with Crippen molar-refractivity contribution >= 4 is 21.8 Å². The number of amidine groups is 1. The first kappa shape index (κ1) is 12.8. The van der Waals surface area contributed by atoms with E-state index >= 15 is 0 Å². The molecule has 0 radical (unpaired) electrons. The van der Waals surface area contributed by atoms with Crippen LogP contribution in [0.3, 0.4) is 0 Å². The van der Waals surface area contributed by atoms with Crippen molar-refractivity contribution in [2.24, 2.45) is 5.73 Å². The van der Waals surface area contributed by atoms with Crippen molar-refractivity contribution in [2.75, 3.05) is 0 Å². The highest BCUT2D eigenvalue weighted by atomic mass is 79.9. The standard InChI is InChI=1S/C13H15BrN4/c1-8(2)10-6-7-18(17-10)11-5-3-4-9(14)12(11)13(15)16/h3-8H,1-2H3,(H3,15,16). The van der Waals surface area contributed by atoms with E-state index < -0.39 is 0 Å². The zero-order valence-electron chi connectivity index (χ0n) is 10.3. The van der Waals surface area contributed by atoms with Gasteiger partial charge in [0.15, 0.2) is 0 Å². The summed E-state index contributed by atoms with van der Waals surface area (Å²) in [5.74, 6) is 0.401. The Hall–Kier alpha value is -1.62. The summed E-state index contributed by atoms with van der Waals surface area (Å²) >= 11 is 3.42. The molecule has 0 unspecified atom stereocenters. The molecule has 0 saturated heterocycles. The molecule has 18 heavy (non-hydrogen) atoms. The van der Waals surface area contributed by atoms with Gasteiger partial charge in [0.1, 0.15) is 5.84 Å². The van der Waals surface area contributed by atoms with Crippen LogP contribution in [0.1, 0.15) is 31.0 Å². The molecule has 1 aromatic heterocycles. The molecule has 0 amide bonds. The molecule has 0 aliphatic rings. The van der Waals surface area contributed by atoms with E-state index in [-0.39, 0.29) is 5.84 Å². The van der Waals surface area contributed by atoms with Gasteiger partial charge in [-0.05, 0) is 40.0 Å². The summed E-state index contributed by atoms with van der Waals surface area (Å²) in [6.45, 7) is 4.19. The number of nitrogens with one attached hydrogen (secondary N) is 1. The first-order valence-electron chi connectivity index (χ1n) is 5.69. The van der Waals surface area contributed by atoms with Gasteiger partial charge in [-0.25, -0.2) is 4.68 Å². The number of benzene rings is 1. The van der Waals surface area contributed by atoms with E-state index in [1.54, 1.807) is 4.68 Å². The van der Waals surface area contributed by atoms with Crippen molar-refractivity contribution < 1.29 is 0 Å². The van der Waals surface area contributed by atoms with Gasteiger partial charge in [-0.15, -0.1) is 0 Å². The summed E-state index contributed by atoms with van der Waals surface area (Å²) < 4.78 is 2.56. The predicted octanol–water partition coefficient (Wildman–Crippen LogP) is 3.04. The Morgan fingerprint density at radius 3 is 2.67 bits per heavy atom. The highest BCUT2D eigenvalue weighted by Gasteiger charge is 2.13. The molecule has 5 heteroatoms. The van der Waals surface area contributed by atoms with Crippen LogP contribution in [0.15, 0.2) is 34.9 Å². The number of nitrogens with two attached hydrogens (primary N) is 1. The highest BCUT2D eigenvalue weighted by molar-refractivity contribution is 9.10. The van der Waals surface area contributed by atoms with Crippen LogP contribution in [-0.4, -0.2) is 15.6 Å². The van der Waals surface area contributed by atoms with Gasteiger partial charge in [-0.3, -0.25) is 5.41 Å². The Balaban J connectivity index is 2.56. The summed E-state index contributed by atoms with van der Waals surface area (Å²) in [6.07, 6.45) is 1.89. The molecule has 2 rings (SSSR count). The molecule has 1 heterocycles. The number of hydrogen-bond donors (Lipinski definition) is 2. The van der Waals surface area contributed by atoms with E-state index in [2.05, 4.69) is 34.9 Å². The second kappa shape index (κ2) is 4.94. The molecule has 0 aliphatic carbocycles. The molecule has 0 saturated carbocycles. The first-order chi connectivity index (χ1) is 8.50. The fourth-order valence-corrected chi connectivity index (χ4v) is 2.32. The normalized spacial score (nSPS) is 10.9. The van der Waals surface area contributed by atoms with Gasteiger partial charge < -0.3 is 5.73 Å². The number of rotatable bonds is 3. The van der Waals surface area contributed by atoms with Crippen LogP contribution < -0.4 is 5.73 Å². The van der Waals surface area contributed by atoms with Crippen LogP contribution in [0.5, 0.6) is 0 Å². The third-order valence-corrected chi connectivity index (χ3v) is 3.37. The van der Waals surface area contributed by atoms with Gasteiger partial charge in [0.2, 0.25) is 0 Å². The number of halogens is 1. The molecule has 0 aliphatic heterocycles. The molecule has 4 nitrogen and oxygen atoms in total. The Morgan fingerprint density at radius 2 is 2.11 bits per heavy atom. The summed E-state index contributed by atoms with van der Waals surface area (Å²) in [6, 6.07) is 7.66. The molecule has 0 fully saturated rings. The first-order valence-corrected chi connectivity index (χ1v) is 6.49. The second-order valence-electron chi connectivity index (χ2n) is 4.39. The van der Waals surface area contributed by atoms with E-state index in [1.165, 1.54) is 0 Å². The molecule has 0 atom stereocenters. The molecule has 94 valence electrons. The van der Waals surface area contributed by atoms with Crippen molar-refractivity contribution in [2.45, 2.75) is 19.8 Å². The number of aromatic nitrogens is 2. The molecule has 0 spiro atoms. The Kier molecular flexibility index (Phi) is 3.52. The maximum absolute atomic E-state index is 7.66. The van der Waals surface area contributed by atoms with E-state index in [1.807, 2.05) is 30.5 Å². The third kappa shape index (κ3) is 2.31. The van der Waals surface area contributed by atoms with Gasteiger partial charge in [-0.1, -0.05) is 19.9 Å². The lowest BCUT2D eigenvalue weighted by Gasteiger charge is -2.10. The van der Waals surface area contributed by atoms with E-state index in [0.717, 1.165) is 15.9 Å². The van der Waals surface area contributed by atoms with Crippen LogP contribution in [0, 0.1) is 5.41 Å².